The van der Waals surface area contributed by atoms with Gasteiger partial charge in [0, 0.05) is 5.56 Å². The number of imide groups is 1. The minimum atomic E-state index is -0.650. The quantitative estimate of drug-likeness (QED) is 0.696. The van der Waals surface area contributed by atoms with Crippen LogP contribution < -0.4 is 4.90 Å². The molecule has 6 nitrogen and oxygen atoms in total. The van der Waals surface area contributed by atoms with Crippen molar-refractivity contribution in [3.8, 4) is 11.3 Å². The second-order valence-corrected chi connectivity index (χ2v) is 5.57. The van der Waals surface area contributed by atoms with E-state index in [4.69, 9.17) is 0 Å². The van der Waals surface area contributed by atoms with Crippen LogP contribution in [0.15, 0.2) is 66.9 Å². The van der Waals surface area contributed by atoms with Gasteiger partial charge in [0.05, 0.1) is 18.3 Å². The molecule has 0 spiro atoms. The topological polar surface area (TPSA) is 68.1 Å². The summed E-state index contributed by atoms with van der Waals surface area (Å²) in [7, 11) is 0. The van der Waals surface area contributed by atoms with Crippen molar-refractivity contribution < 1.29 is 9.59 Å². The maximum atomic E-state index is 12.7. The summed E-state index contributed by atoms with van der Waals surface area (Å²) in [5.41, 5.74) is 2.17. The van der Waals surface area contributed by atoms with E-state index in [1.165, 1.54) is 9.58 Å². The molecule has 1 unspecified atom stereocenters. The fraction of sp³-hybridized carbons (Fsp3) is 0.111. The first-order valence-electron chi connectivity index (χ1n) is 7.63. The van der Waals surface area contributed by atoms with Crippen LogP contribution in [0.1, 0.15) is 12.5 Å². The van der Waals surface area contributed by atoms with Crippen LogP contribution in [0.4, 0.5) is 5.69 Å². The van der Waals surface area contributed by atoms with Crippen LogP contribution in [0, 0.1) is 0 Å². The summed E-state index contributed by atoms with van der Waals surface area (Å²) in [6.07, 6.45) is 1.80. The SMILES string of the molecule is O=C1CC(n2cc(-c3ccccc3)nn2)C(=O)N1c1ccccc1. The van der Waals surface area contributed by atoms with Crippen LogP contribution in [-0.2, 0) is 9.59 Å². The van der Waals surface area contributed by atoms with Gasteiger partial charge in [-0.1, -0.05) is 53.7 Å². The molecule has 0 bridgehead atoms. The third-order valence-corrected chi connectivity index (χ3v) is 4.04. The van der Waals surface area contributed by atoms with Crippen LogP contribution >= 0.6 is 0 Å². The summed E-state index contributed by atoms with van der Waals surface area (Å²) >= 11 is 0. The molecule has 3 aromatic rings. The summed E-state index contributed by atoms with van der Waals surface area (Å²) in [5.74, 6) is -0.510. The Labute approximate surface area is 138 Å². The van der Waals surface area contributed by atoms with Crippen LogP contribution in [0.2, 0.25) is 0 Å². The first-order chi connectivity index (χ1) is 11.7. The molecule has 2 aromatic carbocycles. The Morgan fingerprint density at radius 2 is 1.58 bits per heavy atom. The van der Waals surface area contributed by atoms with Crippen molar-refractivity contribution in [3.63, 3.8) is 0 Å². The van der Waals surface area contributed by atoms with E-state index in [1.54, 1.807) is 30.5 Å². The van der Waals surface area contributed by atoms with E-state index in [9.17, 15) is 9.59 Å². The average molecular weight is 318 g/mol. The van der Waals surface area contributed by atoms with Crippen LogP contribution in [-0.4, -0.2) is 26.8 Å². The lowest BCUT2D eigenvalue weighted by atomic mass is 10.2. The van der Waals surface area contributed by atoms with E-state index in [0.29, 0.717) is 11.4 Å². The second kappa shape index (κ2) is 5.73. The molecule has 1 aliphatic rings. The number of carbonyl (C=O) groups is 2. The van der Waals surface area contributed by atoms with Gasteiger partial charge in [-0.05, 0) is 12.1 Å². The zero-order valence-electron chi connectivity index (χ0n) is 12.7. The molecular formula is C18H14N4O2. The standard InChI is InChI=1S/C18H14N4O2/c23-17-11-16(18(24)22(17)14-9-5-2-6-10-14)21-12-15(19-20-21)13-7-3-1-4-8-13/h1-10,12,16H,11H2. The number of anilines is 1. The number of rotatable bonds is 3. The second-order valence-electron chi connectivity index (χ2n) is 5.57. The van der Waals surface area contributed by atoms with Crippen molar-refractivity contribution >= 4 is 17.5 Å². The number of hydrogen-bond acceptors (Lipinski definition) is 4. The Morgan fingerprint density at radius 3 is 2.29 bits per heavy atom. The van der Waals surface area contributed by atoms with E-state index in [0.717, 1.165) is 5.56 Å². The van der Waals surface area contributed by atoms with Crippen molar-refractivity contribution in [1.82, 2.24) is 15.0 Å². The van der Waals surface area contributed by atoms with Gasteiger partial charge in [0.1, 0.15) is 11.7 Å². The molecule has 1 saturated heterocycles. The van der Waals surface area contributed by atoms with Gasteiger partial charge in [-0.25, -0.2) is 9.58 Å². The lowest BCUT2D eigenvalue weighted by molar-refractivity contribution is -0.122. The number of carbonyl (C=O) groups excluding carboxylic acids is 2. The third kappa shape index (κ3) is 2.38. The van der Waals surface area contributed by atoms with E-state index in [1.807, 2.05) is 36.4 Å². The van der Waals surface area contributed by atoms with Crippen LogP contribution in [0.5, 0.6) is 0 Å². The Balaban J connectivity index is 1.63. The van der Waals surface area contributed by atoms with Gasteiger partial charge in [-0.3, -0.25) is 9.59 Å². The molecular weight excluding hydrogens is 304 g/mol. The summed E-state index contributed by atoms with van der Waals surface area (Å²) in [6.45, 7) is 0. The fourth-order valence-electron chi connectivity index (χ4n) is 2.84. The molecule has 24 heavy (non-hydrogen) atoms. The number of para-hydroxylation sites is 1. The minimum Gasteiger partial charge on any atom is -0.274 e. The summed E-state index contributed by atoms with van der Waals surface area (Å²) in [5, 5.41) is 8.17. The Morgan fingerprint density at radius 1 is 0.917 bits per heavy atom. The normalized spacial score (nSPS) is 17.5. The number of benzene rings is 2. The lowest BCUT2D eigenvalue weighted by Crippen LogP contribution is -2.31. The first-order valence-corrected chi connectivity index (χ1v) is 7.63. The molecule has 0 N–H and O–H groups in total. The zero-order valence-corrected chi connectivity index (χ0v) is 12.7. The maximum Gasteiger partial charge on any atom is 0.259 e. The summed E-state index contributed by atoms with van der Waals surface area (Å²) in [4.78, 5) is 26.2. The van der Waals surface area contributed by atoms with Gasteiger partial charge in [0.2, 0.25) is 5.91 Å². The highest BCUT2D eigenvalue weighted by Crippen LogP contribution is 2.29. The zero-order chi connectivity index (χ0) is 16.5. The number of aromatic nitrogens is 3. The number of nitrogens with zero attached hydrogens (tertiary/aromatic N) is 4. The highest BCUT2D eigenvalue weighted by Gasteiger charge is 2.41. The van der Waals surface area contributed by atoms with E-state index in [-0.39, 0.29) is 18.2 Å². The van der Waals surface area contributed by atoms with Gasteiger partial charge in [-0.15, -0.1) is 5.10 Å². The van der Waals surface area contributed by atoms with Crippen molar-refractivity contribution in [3.05, 3.63) is 66.9 Å². The summed E-state index contributed by atoms with van der Waals surface area (Å²) in [6, 6.07) is 17.9. The fourth-order valence-corrected chi connectivity index (χ4v) is 2.84. The number of hydrogen-bond donors (Lipinski definition) is 0. The molecule has 1 fully saturated rings. The van der Waals surface area contributed by atoms with Crippen LogP contribution in [0.25, 0.3) is 11.3 Å². The molecule has 0 saturated carbocycles. The number of amides is 2. The molecule has 1 aliphatic heterocycles. The predicted octanol–water partition coefficient (Wildman–Crippen LogP) is 2.45. The minimum absolute atomic E-state index is 0.0886. The predicted molar refractivity (Wildman–Crippen MR) is 88.0 cm³/mol. The van der Waals surface area contributed by atoms with Crippen molar-refractivity contribution in [2.24, 2.45) is 0 Å². The highest BCUT2D eigenvalue weighted by atomic mass is 16.2. The highest BCUT2D eigenvalue weighted by molar-refractivity contribution is 6.21. The van der Waals surface area contributed by atoms with Gasteiger partial charge in [-0.2, -0.15) is 0 Å². The van der Waals surface area contributed by atoms with E-state index < -0.39 is 6.04 Å². The molecule has 0 aliphatic carbocycles. The summed E-state index contributed by atoms with van der Waals surface area (Å²) < 4.78 is 1.48. The molecule has 0 radical (unpaired) electrons. The van der Waals surface area contributed by atoms with Crippen molar-refractivity contribution in [2.75, 3.05) is 4.90 Å². The van der Waals surface area contributed by atoms with E-state index in [2.05, 4.69) is 10.3 Å². The smallest absolute Gasteiger partial charge is 0.259 e. The first kappa shape index (κ1) is 14.3. The lowest BCUT2D eigenvalue weighted by Gasteiger charge is -2.14. The Bertz CT molecular complexity index is 890. The molecule has 1 aromatic heterocycles. The van der Waals surface area contributed by atoms with E-state index >= 15 is 0 Å². The molecule has 118 valence electrons. The van der Waals surface area contributed by atoms with Gasteiger partial charge in [0.15, 0.2) is 0 Å². The van der Waals surface area contributed by atoms with Crippen molar-refractivity contribution in [2.45, 2.75) is 12.5 Å². The maximum absolute atomic E-state index is 12.7. The van der Waals surface area contributed by atoms with Gasteiger partial charge < -0.3 is 0 Å². The van der Waals surface area contributed by atoms with Crippen molar-refractivity contribution in [1.29, 1.82) is 0 Å². The molecule has 1 atom stereocenters. The third-order valence-electron chi connectivity index (χ3n) is 4.04. The largest absolute Gasteiger partial charge is 0.274 e. The Hall–Kier alpha value is -3.28. The molecule has 4 rings (SSSR count). The molecule has 6 heteroatoms. The average Bonchev–Trinajstić information content (AvgIpc) is 3.21. The monoisotopic (exact) mass is 318 g/mol. The Kier molecular flexibility index (Phi) is 3.42. The van der Waals surface area contributed by atoms with Crippen LogP contribution in [0.3, 0.4) is 0 Å². The van der Waals surface area contributed by atoms with Gasteiger partial charge in [0.25, 0.3) is 5.91 Å². The van der Waals surface area contributed by atoms with Gasteiger partial charge >= 0.3 is 0 Å². The molecule has 2 amide bonds. The molecule has 2 heterocycles.